The number of phenolic OH excluding ortho intramolecular Hbond substituents is 1. The number of hydrogen-bond acceptors (Lipinski definition) is 6. The van der Waals surface area contributed by atoms with E-state index in [0.717, 1.165) is 48.4 Å². The van der Waals surface area contributed by atoms with E-state index in [1.165, 1.54) is 0 Å². The van der Waals surface area contributed by atoms with Crippen LogP contribution in [-0.4, -0.2) is 47.3 Å². The molecule has 0 radical (unpaired) electrons. The van der Waals surface area contributed by atoms with Gasteiger partial charge in [0.2, 0.25) is 0 Å². The molecule has 4 rings (SSSR count). The summed E-state index contributed by atoms with van der Waals surface area (Å²) in [6.45, 7) is 3.06. The normalized spacial score (nSPS) is 18.8. The Kier molecular flexibility index (Phi) is 5.81. The lowest BCUT2D eigenvalue weighted by atomic mass is 9.97. The Labute approximate surface area is 175 Å². The van der Waals surface area contributed by atoms with E-state index in [-0.39, 0.29) is 11.7 Å². The molecule has 0 aromatic heterocycles. The van der Waals surface area contributed by atoms with Gasteiger partial charge in [0.15, 0.2) is 0 Å². The zero-order chi connectivity index (χ0) is 21.1. The fourth-order valence-corrected chi connectivity index (χ4v) is 3.92. The standard InChI is InChI=1S/C23H26N2O5/c24-20-9-15(3-6-21(20)26)13-29-19-5-4-17-8-16(14-30-22(17)10-19)11-25-7-1-2-18(12-25)23(27)28/h3-6,8-10,18,26H,1-2,7,11-14,24H2,(H,27,28)/t18-/m1/s1. The van der Waals surface area contributed by atoms with Crippen molar-refractivity contribution < 1.29 is 24.5 Å². The number of fused-ring (bicyclic) bond motifs is 1. The van der Waals surface area contributed by atoms with E-state index in [9.17, 15) is 15.0 Å². The molecule has 0 amide bonds. The average Bonchev–Trinajstić information content (AvgIpc) is 2.74. The van der Waals surface area contributed by atoms with Crippen molar-refractivity contribution in [2.75, 3.05) is 32.0 Å². The summed E-state index contributed by atoms with van der Waals surface area (Å²) < 4.78 is 11.8. The quantitative estimate of drug-likeness (QED) is 0.496. The summed E-state index contributed by atoms with van der Waals surface area (Å²) in [5.41, 5.74) is 9.04. The molecule has 2 aliphatic rings. The zero-order valence-electron chi connectivity index (χ0n) is 16.7. The van der Waals surface area contributed by atoms with Crippen molar-refractivity contribution in [1.82, 2.24) is 4.90 Å². The lowest BCUT2D eigenvalue weighted by Crippen LogP contribution is -2.40. The Bertz CT molecular complexity index is 972. The molecule has 0 saturated carbocycles. The van der Waals surface area contributed by atoms with Gasteiger partial charge in [-0.2, -0.15) is 0 Å². The number of nitrogens with two attached hydrogens (primary N) is 1. The molecule has 30 heavy (non-hydrogen) atoms. The number of carbonyl (C=O) groups is 1. The van der Waals surface area contributed by atoms with Crippen LogP contribution in [0.5, 0.6) is 17.2 Å². The molecule has 1 fully saturated rings. The Morgan fingerprint density at radius 3 is 2.93 bits per heavy atom. The van der Waals surface area contributed by atoms with Gasteiger partial charge in [-0.3, -0.25) is 9.69 Å². The second kappa shape index (κ2) is 8.67. The molecule has 0 unspecified atom stereocenters. The summed E-state index contributed by atoms with van der Waals surface area (Å²) in [5.74, 6) is 0.536. The Morgan fingerprint density at radius 1 is 1.27 bits per heavy atom. The van der Waals surface area contributed by atoms with Gasteiger partial charge in [0.25, 0.3) is 0 Å². The van der Waals surface area contributed by atoms with Gasteiger partial charge in [-0.05, 0) is 60.9 Å². The number of carboxylic acids is 1. The molecule has 0 aliphatic carbocycles. The number of aliphatic carboxylic acids is 1. The van der Waals surface area contributed by atoms with Crippen LogP contribution in [0.15, 0.2) is 42.0 Å². The first-order valence-electron chi connectivity index (χ1n) is 10.1. The number of anilines is 1. The fraction of sp³-hybridized carbons (Fsp3) is 0.348. The van der Waals surface area contributed by atoms with E-state index >= 15 is 0 Å². The maximum atomic E-state index is 11.3. The van der Waals surface area contributed by atoms with Crippen LogP contribution in [0.2, 0.25) is 0 Å². The van der Waals surface area contributed by atoms with Crippen molar-refractivity contribution in [3.63, 3.8) is 0 Å². The summed E-state index contributed by atoms with van der Waals surface area (Å²) in [5, 5.41) is 18.8. The second-order valence-electron chi connectivity index (χ2n) is 7.89. The minimum absolute atomic E-state index is 0.0616. The molecule has 1 saturated heterocycles. The lowest BCUT2D eigenvalue weighted by molar-refractivity contribution is -0.143. The van der Waals surface area contributed by atoms with Gasteiger partial charge >= 0.3 is 5.97 Å². The smallest absolute Gasteiger partial charge is 0.307 e. The molecule has 0 bridgehead atoms. The molecule has 0 spiro atoms. The van der Waals surface area contributed by atoms with Gasteiger partial charge in [-0.25, -0.2) is 0 Å². The summed E-state index contributed by atoms with van der Waals surface area (Å²) in [7, 11) is 0. The highest BCUT2D eigenvalue weighted by atomic mass is 16.5. The number of phenols is 1. The topological polar surface area (TPSA) is 105 Å². The molecule has 2 heterocycles. The zero-order valence-corrected chi connectivity index (χ0v) is 16.7. The van der Waals surface area contributed by atoms with Gasteiger partial charge in [-0.1, -0.05) is 6.07 Å². The van der Waals surface area contributed by atoms with E-state index in [2.05, 4.69) is 11.0 Å². The monoisotopic (exact) mass is 410 g/mol. The maximum Gasteiger partial charge on any atom is 0.307 e. The van der Waals surface area contributed by atoms with Crippen molar-refractivity contribution in [1.29, 1.82) is 0 Å². The number of nitrogens with zero attached hydrogens (tertiary/aromatic N) is 1. The summed E-state index contributed by atoms with van der Waals surface area (Å²) in [6, 6.07) is 10.7. The molecule has 158 valence electrons. The summed E-state index contributed by atoms with van der Waals surface area (Å²) >= 11 is 0. The molecule has 7 nitrogen and oxygen atoms in total. The Balaban J connectivity index is 1.38. The van der Waals surface area contributed by atoms with Crippen molar-refractivity contribution in [2.45, 2.75) is 19.4 Å². The van der Waals surface area contributed by atoms with Crippen molar-refractivity contribution in [3.05, 3.63) is 53.1 Å². The SMILES string of the molecule is Nc1cc(COc2ccc3c(c2)OCC(CN2CCC[C@@H](C(=O)O)C2)=C3)ccc1O. The molecule has 4 N–H and O–H groups in total. The number of rotatable bonds is 6. The van der Waals surface area contributed by atoms with E-state index in [0.29, 0.717) is 31.2 Å². The number of likely N-dealkylation sites (tertiary alicyclic amines) is 1. The van der Waals surface area contributed by atoms with Crippen molar-refractivity contribution in [3.8, 4) is 17.2 Å². The van der Waals surface area contributed by atoms with Gasteiger partial charge in [-0.15, -0.1) is 0 Å². The number of hydrogen-bond donors (Lipinski definition) is 3. The van der Waals surface area contributed by atoms with Gasteiger partial charge < -0.3 is 25.4 Å². The van der Waals surface area contributed by atoms with Crippen LogP contribution in [0.25, 0.3) is 6.08 Å². The summed E-state index contributed by atoms with van der Waals surface area (Å²) in [4.78, 5) is 13.5. The van der Waals surface area contributed by atoms with Crippen LogP contribution in [-0.2, 0) is 11.4 Å². The van der Waals surface area contributed by atoms with Crippen LogP contribution in [0, 0.1) is 5.92 Å². The first-order chi connectivity index (χ1) is 14.5. The second-order valence-corrected chi connectivity index (χ2v) is 7.89. The third-order valence-electron chi connectivity index (χ3n) is 5.54. The van der Waals surface area contributed by atoms with Gasteiger partial charge in [0.1, 0.15) is 30.5 Å². The van der Waals surface area contributed by atoms with Crippen LogP contribution < -0.4 is 15.2 Å². The minimum Gasteiger partial charge on any atom is -0.506 e. The number of nitrogen functional groups attached to an aromatic ring is 1. The van der Waals surface area contributed by atoms with E-state index < -0.39 is 5.97 Å². The molecule has 2 aromatic carbocycles. The molecular formula is C23H26N2O5. The molecule has 2 aliphatic heterocycles. The predicted molar refractivity (Wildman–Crippen MR) is 114 cm³/mol. The lowest BCUT2D eigenvalue weighted by Gasteiger charge is -2.32. The van der Waals surface area contributed by atoms with Crippen LogP contribution in [0.1, 0.15) is 24.0 Å². The number of carboxylic acid groups (broad SMARTS) is 1. The first kappa shape index (κ1) is 20.1. The molecule has 1 atom stereocenters. The molecule has 2 aromatic rings. The third kappa shape index (κ3) is 4.68. The summed E-state index contributed by atoms with van der Waals surface area (Å²) in [6.07, 6.45) is 3.78. The Morgan fingerprint density at radius 2 is 2.13 bits per heavy atom. The van der Waals surface area contributed by atoms with Gasteiger partial charge in [0, 0.05) is 24.7 Å². The highest BCUT2D eigenvalue weighted by Crippen LogP contribution is 2.31. The Hall–Kier alpha value is -3.19. The van der Waals surface area contributed by atoms with Crippen molar-refractivity contribution in [2.24, 2.45) is 5.92 Å². The highest BCUT2D eigenvalue weighted by Gasteiger charge is 2.26. The minimum atomic E-state index is -0.707. The molecule has 7 heteroatoms. The van der Waals surface area contributed by atoms with Crippen LogP contribution in [0.3, 0.4) is 0 Å². The average molecular weight is 410 g/mol. The fourth-order valence-electron chi connectivity index (χ4n) is 3.92. The van der Waals surface area contributed by atoms with E-state index in [4.69, 9.17) is 15.2 Å². The van der Waals surface area contributed by atoms with E-state index in [1.807, 2.05) is 18.2 Å². The number of piperidine rings is 1. The van der Waals surface area contributed by atoms with Crippen LogP contribution in [0.4, 0.5) is 5.69 Å². The third-order valence-corrected chi connectivity index (χ3v) is 5.54. The number of ether oxygens (including phenoxy) is 2. The largest absolute Gasteiger partial charge is 0.506 e. The number of aromatic hydroxyl groups is 1. The van der Waals surface area contributed by atoms with Gasteiger partial charge in [0.05, 0.1) is 11.6 Å². The number of benzene rings is 2. The predicted octanol–water partition coefficient (Wildman–Crippen LogP) is 3.13. The van der Waals surface area contributed by atoms with Crippen LogP contribution >= 0.6 is 0 Å². The first-order valence-corrected chi connectivity index (χ1v) is 10.1. The highest BCUT2D eigenvalue weighted by molar-refractivity contribution is 5.70. The molecular weight excluding hydrogens is 384 g/mol. The van der Waals surface area contributed by atoms with Crippen molar-refractivity contribution >= 4 is 17.7 Å². The van der Waals surface area contributed by atoms with E-state index in [1.54, 1.807) is 18.2 Å². The maximum absolute atomic E-state index is 11.3.